The van der Waals surface area contributed by atoms with Gasteiger partial charge in [0, 0.05) is 6.54 Å². The van der Waals surface area contributed by atoms with Crippen molar-refractivity contribution in [2.24, 2.45) is 0 Å². The third-order valence-electron chi connectivity index (χ3n) is 2.87. The molecule has 0 fully saturated rings. The molecule has 0 amide bonds. The van der Waals surface area contributed by atoms with Gasteiger partial charge in [-0.2, -0.15) is 0 Å². The maximum Gasteiger partial charge on any atom is 0.347 e. The molecule has 0 unspecified atom stereocenters. The molecule has 0 saturated heterocycles. The van der Waals surface area contributed by atoms with E-state index in [4.69, 9.17) is 4.74 Å². The lowest BCUT2D eigenvalue weighted by molar-refractivity contribution is 0.0521. The van der Waals surface area contributed by atoms with Crippen LogP contribution in [0.1, 0.15) is 30.0 Å². The topological polar surface area (TPSA) is 97.2 Å². The minimum absolute atomic E-state index is 0.127. The van der Waals surface area contributed by atoms with E-state index < -0.39 is 11.5 Å². The Bertz CT molecular complexity index is 699. The van der Waals surface area contributed by atoms with Gasteiger partial charge in [-0.05, 0) is 20.8 Å². The average molecular weight is 265 g/mol. The van der Waals surface area contributed by atoms with Crippen LogP contribution in [0.2, 0.25) is 0 Å². The number of ether oxygens (including phenoxy) is 1. The highest BCUT2D eigenvalue weighted by Gasteiger charge is 2.23. The fourth-order valence-corrected chi connectivity index (χ4v) is 2.07. The van der Waals surface area contributed by atoms with E-state index in [0.717, 1.165) is 0 Å². The number of hydrogen-bond acceptors (Lipinski definition) is 5. The highest BCUT2D eigenvalue weighted by atomic mass is 16.5. The normalized spacial score (nSPS) is 10.9. The van der Waals surface area contributed by atoms with Crippen LogP contribution in [-0.2, 0) is 11.3 Å². The van der Waals surface area contributed by atoms with Crippen LogP contribution in [0.5, 0.6) is 5.75 Å². The predicted octanol–water partition coefficient (Wildman–Crippen LogP) is 0.935. The first kappa shape index (κ1) is 13.1. The van der Waals surface area contributed by atoms with E-state index in [-0.39, 0.29) is 23.6 Å². The summed E-state index contributed by atoms with van der Waals surface area (Å²) in [5.74, 6) is -0.589. The minimum Gasteiger partial charge on any atom is -0.505 e. The van der Waals surface area contributed by atoms with Crippen molar-refractivity contribution < 1.29 is 14.6 Å². The zero-order chi connectivity index (χ0) is 14.2. The van der Waals surface area contributed by atoms with Crippen molar-refractivity contribution in [1.29, 1.82) is 0 Å². The van der Waals surface area contributed by atoms with Gasteiger partial charge in [0.1, 0.15) is 11.3 Å². The molecule has 19 heavy (non-hydrogen) atoms. The summed E-state index contributed by atoms with van der Waals surface area (Å²) in [5, 5.41) is 10.2. The van der Waals surface area contributed by atoms with E-state index in [1.165, 1.54) is 0 Å². The maximum absolute atomic E-state index is 11.8. The van der Waals surface area contributed by atoms with E-state index in [2.05, 4.69) is 9.97 Å². The SMILES string of the molecule is CCOC(=O)c1c(O)c2c(nc(C)n2CC)[nH]c1=O. The van der Waals surface area contributed by atoms with Gasteiger partial charge in [0.15, 0.2) is 17.0 Å². The Morgan fingerprint density at radius 2 is 2.16 bits per heavy atom. The van der Waals surface area contributed by atoms with Crippen LogP contribution >= 0.6 is 0 Å². The second-order valence-electron chi connectivity index (χ2n) is 4.00. The van der Waals surface area contributed by atoms with Crippen molar-refractivity contribution in [3.05, 3.63) is 21.7 Å². The molecule has 2 N–H and O–H groups in total. The summed E-state index contributed by atoms with van der Waals surface area (Å²) < 4.78 is 6.48. The number of aryl methyl sites for hydroxylation is 2. The van der Waals surface area contributed by atoms with Gasteiger partial charge in [-0.25, -0.2) is 9.78 Å². The van der Waals surface area contributed by atoms with Gasteiger partial charge in [-0.3, -0.25) is 4.79 Å². The Labute approximate surface area is 108 Å². The van der Waals surface area contributed by atoms with Crippen LogP contribution in [0, 0.1) is 6.92 Å². The number of carbonyl (C=O) groups excluding carboxylic acids is 1. The summed E-state index contributed by atoms with van der Waals surface area (Å²) in [5.41, 5.74) is -0.495. The number of imidazole rings is 1. The first-order valence-corrected chi connectivity index (χ1v) is 6.00. The highest BCUT2D eigenvalue weighted by molar-refractivity contribution is 5.97. The summed E-state index contributed by atoms with van der Waals surface area (Å²) >= 11 is 0. The van der Waals surface area contributed by atoms with Gasteiger partial charge in [0.2, 0.25) is 0 Å². The number of nitrogens with one attached hydrogen (secondary N) is 1. The smallest absolute Gasteiger partial charge is 0.347 e. The predicted molar refractivity (Wildman–Crippen MR) is 68.4 cm³/mol. The molecular weight excluding hydrogens is 250 g/mol. The Balaban J connectivity index is 2.80. The maximum atomic E-state index is 11.8. The van der Waals surface area contributed by atoms with Crippen LogP contribution in [0.25, 0.3) is 11.2 Å². The number of aromatic amines is 1. The monoisotopic (exact) mass is 265 g/mol. The number of carbonyl (C=O) groups is 1. The van der Waals surface area contributed by atoms with Crippen LogP contribution < -0.4 is 5.56 Å². The molecule has 0 aliphatic carbocycles. The molecule has 0 aromatic carbocycles. The number of aromatic hydroxyl groups is 1. The molecule has 0 aliphatic heterocycles. The van der Waals surface area contributed by atoms with Crippen molar-refractivity contribution in [3.8, 4) is 5.75 Å². The average Bonchev–Trinajstić information content (AvgIpc) is 2.65. The summed E-state index contributed by atoms with van der Waals surface area (Å²) in [6.07, 6.45) is 0. The molecule has 0 saturated carbocycles. The number of esters is 1. The van der Waals surface area contributed by atoms with E-state index in [9.17, 15) is 14.7 Å². The summed E-state index contributed by atoms with van der Waals surface area (Å²) in [7, 11) is 0. The molecule has 2 aromatic heterocycles. The second kappa shape index (κ2) is 4.75. The zero-order valence-electron chi connectivity index (χ0n) is 11.0. The van der Waals surface area contributed by atoms with Gasteiger partial charge in [-0.1, -0.05) is 0 Å². The number of aromatic nitrogens is 3. The molecule has 2 heterocycles. The fourth-order valence-electron chi connectivity index (χ4n) is 2.07. The lowest BCUT2D eigenvalue weighted by Crippen LogP contribution is -2.20. The van der Waals surface area contributed by atoms with Gasteiger partial charge in [0.05, 0.1) is 6.61 Å². The quantitative estimate of drug-likeness (QED) is 0.805. The van der Waals surface area contributed by atoms with Crippen LogP contribution in [0.3, 0.4) is 0 Å². The molecule has 0 spiro atoms. The highest BCUT2D eigenvalue weighted by Crippen LogP contribution is 2.26. The lowest BCUT2D eigenvalue weighted by Gasteiger charge is -2.07. The van der Waals surface area contributed by atoms with Gasteiger partial charge in [0.25, 0.3) is 5.56 Å². The molecule has 0 bridgehead atoms. The number of hydrogen-bond donors (Lipinski definition) is 2. The van der Waals surface area contributed by atoms with Crippen LogP contribution in [-0.4, -0.2) is 32.2 Å². The van der Waals surface area contributed by atoms with Gasteiger partial charge in [-0.15, -0.1) is 0 Å². The first-order chi connectivity index (χ1) is 9.01. The van der Waals surface area contributed by atoms with E-state index in [1.54, 1.807) is 18.4 Å². The minimum atomic E-state index is -0.843. The molecule has 2 aromatic rings. The van der Waals surface area contributed by atoms with E-state index >= 15 is 0 Å². The number of rotatable bonds is 3. The molecule has 7 heteroatoms. The second-order valence-corrected chi connectivity index (χ2v) is 4.00. The molecule has 7 nitrogen and oxygen atoms in total. The van der Waals surface area contributed by atoms with Crippen molar-refractivity contribution in [2.45, 2.75) is 27.3 Å². The van der Waals surface area contributed by atoms with Crippen LogP contribution in [0.15, 0.2) is 4.79 Å². The summed E-state index contributed by atoms with van der Waals surface area (Å²) in [6.45, 7) is 5.95. The Kier molecular flexibility index (Phi) is 3.28. The van der Waals surface area contributed by atoms with Crippen molar-refractivity contribution in [1.82, 2.24) is 14.5 Å². The summed E-state index contributed by atoms with van der Waals surface area (Å²) in [4.78, 5) is 30.2. The van der Waals surface area contributed by atoms with Gasteiger partial charge >= 0.3 is 5.97 Å². The molecular formula is C12H15N3O4. The largest absolute Gasteiger partial charge is 0.505 e. The Morgan fingerprint density at radius 3 is 2.74 bits per heavy atom. The standard InChI is InChI=1S/C12H15N3O4/c1-4-15-6(3)13-10-8(15)9(16)7(11(17)14-10)12(18)19-5-2/h4-5H2,1-3H3,(H2,14,16,17). The number of H-pyrrole nitrogens is 1. The molecule has 0 radical (unpaired) electrons. The third kappa shape index (κ3) is 1.96. The van der Waals surface area contributed by atoms with Crippen molar-refractivity contribution >= 4 is 17.1 Å². The number of nitrogens with zero attached hydrogens (tertiary/aromatic N) is 2. The van der Waals surface area contributed by atoms with Gasteiger partial charge < -0.3 is 19.4 Å². The van der Waals surface area contributed by atoms with Crippen molar-refractivity contribution in [3.63, 3.8) is 0 Å². The fraction of sp³-hybridized carbons (Fsp3) is 0.417. The zero-order valence-corrected chi connectivity index (χ0v) is 11.0. The van der Waals surface area contributed by atoms with Crippen molar-refractivity contribution in [2.75, 3.05) is 6.61 Å². The first-order valence-electron chi connectivity index (χ1n) is 6.00. The van der Waals surface area contributed by atoms with E-state index in [1.807, 2.05) is 6.92 Å². The molecule has 2 rings (SSSR count). The number of pyridine rings is 1. The lowest BCUT2D eigenvalue weighted by atomic mass is 10.2. The Hall–Kier alpha value is -2.31. The molecule has 102 valence electrons. The van der Waals surface area contributed by atoms with E-state index in [0.29, 0.717) is 17.9 Å². The molecule has 0 aliphatic rings. The molecule has 0 atom stereocenters. The number of fused-ring (bicyclic) bond motifs is 1. The summed E-state index contributed by atoms with van der Waals surface area (Å²) in [6, 6.07) is 0. The van der Waals surface area contributed by atoms with Crippen LogP contribution in [0.4, 0.5) is 0 Å². The third-order valence-corrected chi connectivity index (χ3v) is 2.87. The Morgan fingerprint density at radius 1 is 1.47 bits per heavy atom.